The van der Waals surface area contributed by atoms with Crippen LogP contribution in [-0.2, 0) is 0 Å². The lowest BCUT2D eigenvalue weighted by atomic mass is 10.2. The predicted octanol–water partition coefficient (Wildman–Crippen LogP) is 4.65. The van der Waals surface area contributed by atoms with Crippen molar-refractivity contribution in [3.63, 3.8) is 0 Å². The highest BCUT2D eigenvalue weighted by molar-refractivity contribution is 6.30. The van der Waals surface area contributed by atoms with Gasteiger partial charge in [-0.3, -0.25) is 9.59 Å². The fourth-order valence-electron chi connectivity index (χ4n) is 2.60. The van der Waals surface area contributed by atoms with E-state index in [0.29, 0.717) is 17.3 Å². The summed E-state index contributed by atoms with van der Waals surface area (Å²) < 4.78 is 0. The zero-order valence-electron chi connectivity index (χ0n) is 14.7. The van der Waals surface area contributed by atoms with Gasteiger partial charge in [-0.1, -0.05) is 35.9 Å². The molecule has 3 rings (SSSR count). The lowest BCUT2D eigenvalue weighted by Gasteiger charge is -2.20. The first-order valence-corrected chi connectivity index (χ1v) is 8.87. The van der Waals surface area contributed by atoms with Crippen LogP contribution in [0.2, 0.25) is 5.02 Å². The molecule has 0 unspecified atom stereocenters. The van der Waals surface area contributed by atoms with E-state index in [-0.39, 0.29) is 17.3 Å². The fraction of sp³-hybridized carbons (Fsp3) is 0.0952. The van der Waals surface area contributed by atoms with Crippen molar-refractivity contribution in [2.45, 2.75) is 6.92 Å². The van der Waals surface area contributed by atoms with Crippen LogP contribution in [0.4, 0.5) is 11.4 Å². The number of anilines is 2. The third-order valence-electron chi connectivity index (χ3n) is 3.93. The van der Waals surface area contributed by atoms with Crippen LogP contribution in [0.15, 0.2) is 72.8 Å². The summed E-state index contributed by atoms with van der Waals surface area (Å²) in [6.45, 7) is 2.38. The van der Waals surface area contributed by atoms with Crippen LogP contribution >= 0.6 is 11.6 Å². The molecule has 1 heterocycles. The first-order valence-electron chi connectivity index (χ1n) is 8.49. The maximum absolute atomic E-state index is 12.9. The normalized spacial score (nSPS) is 10.3. The molecule has 0 aliphatic carbocycles. The van der Waals surface area contributed by atoms with E-state index >= 15 is 0 Å². The van der Waals surface area contributed by atoms with Crippen molar-refractivity contribution in [3.8, 4) is 0 Å². The molecule has 0 radical (unpaired) electrons. The molecule has 5 nitrogen and oxygen atoms in total. The number of hydrogen-bond acceptors (Lipinski definition) is 3. The number of halogens is 1. The van der Waals surface area contributed by atoms with Crippen LogP contribution < -0.4 is 10.2 Å². The molecule has 0 saturated carbocycles. The molecule has 2 amide bonds. The summed E-state index contributed by atoms with van der Waals surface area (Å²) in [5, 5.41) is 3.32. The van der Waals surface area contributed by atoms with E-state index in [4.69, 9.17) is 11.6 Å². The first kappa shape index (κ1) is 18.6. The third kappa shape index (κ3) is 4.51. The average molecular weight is 380 g/mol. The van der Waals surface area contributed by atoms with E-state index in [0.717, 1.165) is 5.69 Å². The maximum atomic E-state index is 12.9. The van der Waals surface area contributed by atoms with Gasteiger partial charge in [-0.25, -0.2) is 4.98 Å². The zero-order chi connectivity index (χ0) is 19.2. The van der Waals surface area contributed by atoms with Gasteiger partial charge in [-0.15, -0.1) is 0 Å². The zero-order valence-corrected chi connectivity index (χ0v) is 15.5. The Balaban J connectivity index is 1.81. The highest BCUT2D eigenvalue weighted by Crippen LogP contribution is 2.17. The van der Waals surface area contributed by atoms with E-state index < -0.39 is 5.91 Å². The van der Waals surface area contributed by atoms with Gasteiger partial charge in [0.1, 0.15) is 11.4 Å². The van der Waals surface area contributed by atoms with Crippen molar-refractivity contribution in [1.29, 1.82) is 0 Å². The molecule has 3 aromatic rings. The Hall–Kier alpha value is -3.18. The van der Waals surface area contributed by atoms with Gasteiger partial charge in [0.25, 0.3) is 11.8 Å². The van der Waals surface area contributed by atoms with Crippen LogP contribution in [0, 0.1) is 0 Å². The fourth-order valence-corrected chi connectivity index (χ4v) is 2.72. The minimum atomic E-state index is -0.394. The smallest absolute Gasteiger partial charge is 0.276 e. The summed E-state index contributed by atoms with van der Waals surface area (Å²) in [5.74, 6) is -0.653. The topological polar surface area (TPSA) is 62.3 Å². The van der Waals surface area contributed by atoms with Crippen LogP contribution in [0.3, 0.4) is 0 Å². The molecular weight excluding hydrogens is 362 g/mol. The van der Waals surface area contributed by atoms with Gasteiger partial charge in [0, 0.05) is 22.9 Å². The summed E-state index contributed by atoms with van der Waals surface area (Å²) in [5.41, 5.74) is 1.76. The number of nitrogens with zero attached hydrogens (tertiary/aromatic N) is 2. The molecule has 136 valence electrons. The molecule has 0 aliphatic rings. The van der Waals surface area contributed by atoms with Gasteiger partial charge >= 0.3 is 0 Å². The highest BCUT2D eigenvalue weighted by atomic mass is 35.5. The summed E-state index contributed by atoms with van der Waals surface area (Å²) >= 11 is 5.85. The van der Waals surface area contributed by atoms with E-state index in [1.54, 1.807) is 47.4 Å². The number of amides is 2. The second-order valence-corrected chi connectivity index (χ2v) is 6.19. The largest absolute Gasteiger partial charge is 0.321 e. The monoisotopic (exact) mass is 379 g/mol. The number of carbonyl (C=O) groups excluding carboxylic acids is 2. The molecule has 0 saturated heterocycles. The van der Waals surface area contributed by atoms with E-state index in [9.17, 15) is 9.59 Å². The van der Waals surface area contributed by atoms with Gasteiger partial charge < -0.3 is 10.2 Å². The lowest BCUT2D eigenvalue weighted by molar-refractivity contribution is 0.0983. The molecule has 6 heteroatoms. The minimum absolute atomic E-state index is 0.167. The Morgan fingerprint density at radius 2 is 1.59 bits per heavy atom. The van der Waals surface area contributed by atoms with Crippen molar-refractivity contribution in [3.05, 3.63) is 89.2 Å². The van der Waals surface area contributed by atoms with Crippen LogP contribution in [-0.4, -0.2) is 23.3 Å². The number of carbonyl (C=O) groups is 2. The van der Waals surface area contributed by atoms with Crippen molar-refractivity contribution < 1.29 is 9.59 Å². The molecule has 0 spiro atoms. The van der Waals surface area contributed by atoms with Crippen LogP contribution in [0.5, 0.6) is 0 Å². The number of para-hydroxylation sites is 1. The minimum Gasteiger partial charge on any atom is -0.321 e. The molecule has 1 aromatic heterocycles. The molecule has 1 N–H and O–H groups in total. The Labute approximate surface area is 162 Å². The Bertz CT molecular complexity index is 943. The maximum Gasteiger partial charge on any atom is 0.276 e. The van der Waals surface area contributed by atoms with Crippen molar-refractivity contribution >= 4 is 34.8 Å². The van der Waals surface area contributed by atoms with Crippen LogP contribution in [0.25, 0.3) is 0 Å². The van der Waals surface area contributed by atoms with E-state index in [1.807, 2.05) is 37.3 Å². The molecule has 27 heavy (non-hydrogen) atoms. The Morgan fingerprint density at radius 3 is 2.26 bits per heavy atom. The second-order valence-electron chi connectivity index (χ2n) is 5.75. The standard InChI is InChI=1S/C21H18ClN3O2/c1-2-25(17-7-4-3-5-8-17)21(27)19-10-6-9-18(24-19)20(26)23-16-13-11-15(22)12-14-16/h3-14H,2H2,1H3,(H,23,26). The lowest BCUT2D eigenvalue weighted by Crippen LogP contribution is -2.31. The number of benzene rings is 2. The highest BCUT2D eigenvalue weighted by Gasteiger charge is 2.19. The number of pyridine rings is 1. The van der Waals surface area contributed by atoms with E-state index in [2.05, 4.69) is 10.3 Å². The number of rotatable bonds is 5. The third-order valence-corrected chi connectivity index (χ3v) is 4.18. The van der Waals surface area contributed by atoms with Gasteiger partial charge in [-0.05, 0) is 55.5 Å². The van der Waals surface area contributed by atoms with Crippen molar-refractivity contribution in [2.75, 3.05) is 16.8 Å². The average Bonchev–Trinajstić information content (AvgIpc) is 2.71. The van der Waals surface area contributed by atoms with Crippen molar-refractivity contribution in [2.24, 2.45) is 0 Å². The molecule has 0 aliphatic heterocycles. The molecule has 0 bridgehead atoms. The van der Waals surface area contributed by atoms with Gasteiger partial charge in [0.2, 0.25) is 0 Å². The predicted molar refractivity (Wildman–Crippen MR) is 107 cm³/mol. The van der Waals surface area contributed by atoms with Gasteiger partial charge in [-0.2, -0.15) is 0 Å². The Morgan fingerprint density at radius 1 is 0.926 bits per heavy atom. The molecule has 0 fully saturated rings. The number of nitrogens with one attached hydrogen (secondary N) is 1. The first-order chi connectivity index (χ1) is 13.1. The van der Waals surface area contributed by atoms with Gasteiger partial charge in [0.05, 0.1) is 0 Å². The summed E-state index contributed by atoms with van der Waals surface area (Å²) in [4.78, 5) is 31.2. The summed E-state index contributed by atoms with van der Waals surface area (Å²) in [7, 11) is 0. The van der Waals surface area contributed by atoms with Crippen LogP contribution in [0.1, 0.15) is 27.9 Å². The second kappa shape index (κ2) is 8.47. The molecule has 0 atom stereocenters. The molecular formula is C21H18ClN3O2. The van der Waals surface area contributed by atoms with Gasteiger partial charge in [0.15, 0.2) is 0 Å². The quantitative estimate of drug-likeness (QED) is 0.701. The summed E-state index contributed by atoms with van der Waals surface area (Å²) in [6.07, 6.45) is 0. The van der Waals surface area contributed by atoms with Crippen molar-refractivity contribution in [1.82, 2.24) is 4.98 Å². The Kier molecular flexibility index (Phi) is 5.84. The SMILES string of the molecule is CCN(C(=O)c1cccc(C(=O)Nc2ccc(Cl)cc2)n1)c1ccccc1. The number of hydrogen-bond donors (Lipinski definition) is 1. The molecule has 2 aromatic carbocycles. The summed E-state index contributed by atoms with van der Waals surface area (Å²) in [6, 6.07) is 20.9. The number of aromatic nitrogens is 1. The van der Waals surface area contributed by atoms with E-state index in [1.165, 1.54) is 0 Å².